The van der Waals surface area contributed by atoms with Gasteiger partial charge in [0.25, 0.3) is 5.90 Å². The van der Waals surface area contributed by atoms with E-state index in [2.05, 4.69) is 20.5 Å². The van der Waals surface area contributed by atoms with Crippen molar-refractivity contribution in [3.05, 3.63) is 30.1 Å². The van der Waals surface area contributed by atoms with Gasteiger partial charge in [-0.05, 0) is 12.1 Å². The molecule has 0 saturated carbocycles. The number of nitrogens with zero attached hydrogens (tertiary/aromatic N) is 2. The minimum absolute atomic E-state index is 0.0196. The summed E-state index contributed by atoms with van der Waals surface area (Å²) in [4.78, 5) is 4.48. The van der Waals surface area contributed by atoms with Gasteiger partial charge in [-0.3, -0.25) is 10.8 Å². The number of hydrogen-bond donors (Lipinski definition) is 3. The number of halogens is 1. The van der Waals surface area contributed by atoms with Crippen LogP contribution in [0.3, 0.4) is 0 Å². The highest BCUT2D eigenvalue weighted by molar-refractivity contribution is 6.67. The predicted molar refractivity (Wildman–Crippen MR) is 57.9 cm³/mol. The molecule has 0 atom stereocenters. The molecule has 6 nitrogen and oxygen atoms in total. The minimum Gasteiger partial charge on any atom is -0.379 e. The Hall–Kier alpha value is -2.44. The number of oxime groups is 1. The molecule has 16 heavy (non-hydrogen) atoms. The zero-order valence-corrected chi connectivity index (χ0v) is 8.07. The third-order valence-electron chi connectivity index (χ3n) is 1.85. The highest BCUT2D eigenvalue weighted by atomic mass is 19.1. The molecule has 1 aromatic rings. The first kappa shape index (κ1) is 10.1. The van der Waals surface area contributed by atoms with Gasteiger partial charge >= 0.3 is 0 Å². The molecule has 0 radical (unpaired) electrons. The summed E-state index contributed by atoms with van der Waals surface area (Å²) in [7, 11) is 0. The van der Waals surface area contributed by atoms with Crippen LogP contribution in [0, 0.1) is 11.2 Å². The van der Waals surface area contributed by atoms with Crippen LogP contribution in [0.4, 0.5) is 10.1 Å². The number of rotatable bonds is 2. The number of hydrogen-bond acceptors (Lipinski definition) is 6. The van der Waals surface area contributed by atoms with E-state index in [0.717, 1.165) is 0 Å². The van der Waals surface area contributed by atoms with Crippen LogP contribution in [0.5, 0.6) is 0 Å². The Kier molecular flexibility index (Phi) is 2.50. The van der Waals surface area contributed by atoms with Gasteiger partial charge in [-0.2, -0.15) is 5.10 Å². The predicted octanol–water partition coefficient (Wildman–Crippen LogP) is 0.873. The van der Waals surface area contributed by atoms with E-state index < -0.39 is 5.82 Å². The van der Waals surface area contributed by atoms with Crippen molar-refractivity contribution in [1.82, 2.24) is 0 Å². The summed E-state index contributed by atoms with van der Waals surface area (Å²) in [6, 6.07) is 6.01. The van der Waals surface area contributed by atoms with Crippen LogP contribution in [-0.2, 0) is 4.84 Å². The fraction of sp³-hybridized carbons (Fsp3) is 0. The van der Waals surface area contributed by atoms with Crippen molar-refractivity contribution in [2.45, 2.75) is 0 Å². The Morgan fingerprint density at radius 3 is 2.81 bits per heavy atom. The van der Waals surface area contributed by atoms with Crippen molar-refractivity contribution in [1.29, 1.82) is 5.41 Å². The Bertz CT molecular complexity index is 496. The van der Waals surface area contributed by atoms with Gasteiger partial charge < -0.3 is 10.6 Å². The standard InChI is InChI=1S/C9H8FN5O/c10-5-3-1-2-4-6(5)13-14-7-8(11)15-16-9(7)12/h1-4,12-13H,(H2,11,15)/b12-9?,14-7-. The number of hydrazone groups is 1. The average Bonchev–Trinajstić information content (AvgIpc) is 2.58. The molecule has 1 heterocycles. The van der Waals surface area contributed by atoms with Crippen LogP contribution >= 0.6 is 0 Å². The summed E-state index contributed by atoms with van der Waals surface area (Å²) < 4.78 is 13.2. The molecule has 7 heteroatoms. The number of amidine groups is 1. The van der Waals surface area contributed by atoms with E-state index in [1.807, 2.05) is 0 Å². The van der Waals surface area contributed by atoms with E-state index in [0.29, 0.717) is 0 Å². The molecular weight excluding hydrogens is 213 g/mol. The molecule has 0 aliphatic carbocycles. The third kappa shape index (κ3) is 1.83. The molecule has 4 N–H and O–H groups in total. The fourth-order valence-electron chi connectivity index (χ4n) is 1.07. The first-order valence-corrected chi connectivity index (χ1v) is 4.36. The van der Waals surface area contributed by atoms with Crippen molar-refractivity contribution >= 4 is 23.1 Å². The zero-order valence-electron chi connectivity index (χ0n) is 8.07. The SMILES string of the molecule is N=C1ON=C(N)/C1=N/Nc1ccccc1F. The van der Waals surface area contributed by atoms with Crippen LogP contribution < -0.4 is 11.2 Å². The van der Waals surface area contributed by atoms with Crippen molar-refractivity contribution in [3.8, 4) is 0 Å². The van der Waals surface area contributed by atoms with Gasteiger partial charge in [0.1, 0.15) is 5.82 Å². The third-order valence-corrected chi connectivity index (χ3v) is 1.85. The molecule has 0 bridgehead atoms. The second-order valence-electron chi connectivity index (χ2n) is 2.95. The second-order valence-corrected chi connectivity index (χ2v) is 2.95. The fourth-order valence-corrected chi connectivity index (χ4v) is 1.07. The van der Waals surface area contributed by atoms with E-state index in [1.165, 1.54) is 12.1 Å². The second kappa shape index (κ2) is 3.97. The highest BCUT2D eigenvalue weighted by Gasteiger charge is 2.21. The van der Waals surface area contributed by atoms with Gasteiger partial charge in [0.2, 0.25) is 0 Å². The Morgan fingerprint density at radius 1 is 1.44 bits per heavy atom. The topological polar surface area (TPSA) is 95.8 Å². The van der Waals surface area contributed by atoms with E-state index in [4.69, 9.17) is 11.1 Å². The van der Waals surface area contributed by atoms with E-state index in [9.17, 15) is 4.39 Å². The van der Waals surface area contributed by atoms with Gasteiger partial charge in [0.05, 0.1) is 5.69 Å². The highest BCUT2D eigenvalue weighted by Crippen LogP contribution is 2.12. The molecule has 0 fully saturated rings. The summed E-state index contributed by atoms with van der Waals surface area (Å²) >= 11 is 0. The van der Waals surface area contributed by atoms with Gasteiger partial charge in [-0.15, -0.1) is 0 Å². The first-order chi connectivity index (χ1) is 7.68. The molecule has 0 saturated heterocycles. The first-order valence-electron chi connectivity index (χ1n) is 4.36. The number of nitrogens with two attached hydrogens (primary N) is 1. The maximum Gasteiger partial charge on any atom is 0.273 e. The smallest absolute Gasteiger partial charge is 0.273 e. The van der Waals surface area contributed by atoms with Crippen LogP contribution in [0.1, 0.15) is 0 Å². The monoisotopic (exact) mass is 221 g/mol. The molecule has 0 spiro atoms. The molecule has 0 aromatic heterocycles. The Morgan fingerprint density at radius 2 is 2.19 bits per heavy atom. The lowest BCUT2D eigenvalue weighted by molar-refractivity contribution is 0.340. The van der Waals surface area contributed by atoms with Gasteiger partial charge in [-0.25, -0.2) is 4.39 Å². The minimum atomic E-state index is -0.451. The molecule has 1 aliphatic rings. The molecular formula is C9H8FN5O. The summed E-state index contributed by atoms with van der Waals surface area (Å²) in [5.74, 6) is -0.747. The molecule has 1 aromatic carbocycles. The average molecular weight is 221 g/mol. The van der Waals surface area contributed by atoms with E-state index in [-0.39, 0.29) is 23.1 Å². The number of para-hydroxylation sites is 1. The van der Waals surface area contributed by atoms with Gasteiger partial charge in [-0.1, -0.05) is 17.3 Å². The molecule has 82 valence electrons. The van der Waals surface area contributed by atoms with Crippen molar-refractivity contribution in [2.75, 3.05) is 5.43 Å². The number of anilines is 1. The lowest BCUT2D eigenvalue weighted by atomic mass is 10.3. The molecule has 2 rings (SSSR count). The Labute approximate surface area is 90.1 Å². The van der Waals surface area contributed by atoms with Crippen molar-refractivity contribution in [2.24, 2.45) is 16.0 Å². The summed E-state index contributed by atoms with van der Waals surface area (Å²) in [5, 5.41) is 14.4. The Balaban J connectivity index is 2.18. The molecule has 1 aliphatic heterocycles. The van der Waals surface area contributed by atoms with Crippen molar-refractivity contribution in [3.63, 3.8) is 0 Å². The molecule has 0 unspecified atom stereocenters. The lowest BCUT2D eigenvalue weighted by Crippen LogP contribution is -2.25. The largest absolute Gasteiger partial charge is 0.379 e. The summed E-state index contributed by atoms with van der Waals surface area (Å²) in [6.07, 6.45) is 0. The van der Waals surface area contributed by atoms with Crippen LogP contribution in [-0.4, -0.2) is 17.4 Å². The van der Waals surface area contributed by atoms with Gasteiger partial charge in [0, 0.05) is 0 Å². The van der Waals surface area contributed by atoms with Crippen molar-refractivity contribution < 1.29 is 9.23 Å². The number of benzene rings is 1. The lowest BCUT2D eigenvalue weighted by Gasteiger charge is -2.01. The maximum absolute atomic E-state index is 13.2. The van der Waals surface area contributed by atoms with E-state index >= 15 is 0 Å². The van der Waals surface area contributed by atoms with Crippen LogP contribution in [0.2, 0.25) is 0 Å². The number of nitrogens with one attached hydrogen (secondary N) is 2. The normalized spacial score (nSPS) is 17.2. The van der Waals surface area contributed by atoms with Gasteiger partial charge in [0.15, 0.2) is 11.5 Å². The van der Waals surface area contributed by atoms with Crippen LogP contribution in [0.15, 0.2) is 34.5 Å². The van der Waals surface area contributed by atoms with Crippen LogP contribution in [0.25, 0.3) is 0 Å². The molecule has 0 amide bonds. The van der Waals surface area contributed by atoms with E-state index in [1.54, 1.807) is 12.1 Å². The zero-order chi connectivity index (χ0) is 11.5. The quantitative estimate of drug-likeness (QED) is 0.646. The summed E-state index contributed by atoms with van der Waals surface area (Å²) in [6.45, 7) is 0. The maximum atomic E-state index is 13.2. The summed E-state index contributed by atoms with van der Waals surface area (Å²) in [5.41, 5.74) is 8.07.